The lowest BCUT2D eigenvalue weighted by Gasteiger charge is -2.19. The summed E-state index contributed by atoms with van der Waals surface area (Å²) in [4.78, 5) is 38.8. The second-order valence-corrected chi connectivity index (χ2v) is 8.19. The normalized spacial score (nSPS) is 14.4. The van der Waals surface area contributed by atoms with E-state index < -0.39 is 6.04 Å². The summed E-state index contributed by atoms with van der Waals surface area (Å²) in [6.07, 6.45) is 4.02. The predicted octanol–water partition coefficient (Wildman–Crippen LogP) is 2.98. The second-order valence-electron chi connectivity index (χ2n) is 7.21. The molecule has 2 aromatic carbocycles. The molecule has 3 amide bonds. The number of amides is 3. The maximum Gasteiger partial charge on any atom is 0.251 e. The first-order chi connectivity index (χ1) is 14.6. The van der Waals surface area contributed by atoms with Gasteiger partial charge >= 0.3 is 0 Å². The summed E-state index contributed by atoms with van der Waals surface area (Å²) in [6, 6.07) is 16.0. The molecule has 0 aliphatic carbocycles. The van der Waals surface area contributed by atoms with Crippen LogP contribution in [0.3, 0.4) is 0 Å². The minimum Gasteiger partial charge on any atom is -0.350 e. The third-order valence-electron chi connectivity index (χ3n) is 5.06. The summed E-state index contributed by atoms with van der Waals surface area (Å²) in [5.41, 5.74) is 2.36. The fourth-order valence-electron chi connectivity index (χ4n) is 3.36. The fourth-order valence-corrected chi connectivity index (χ4v) is 3.83. The molecule has 0 unspecified atom stereocenters. The molecule has 1 saturated heterocycles. The predicted molar refractivity (Wildman–Crippen MR) is 121 cm³/mol. The number of thioether (sulfide) groups is 1. The van der Waals surface area contributed by atoms with Gasteiger partial charge in [-0.05, 0) is 54.7 Å². The van der Waals surface area contributed by atoms with Crippen LogP contribution in [-0.2, 0) is 16.1 Å². The van der Waals surface area contributed by atoms with E-state index in [2.05, 4.69) is 10.6 Å². The molecular weight excluding hydrogens is 398 g/mol. The molecular formula is C23H27N3O3S. The van der Waals surface area contributed by atoms with Gasteiger partial charge in [-0.1, -0.05) is 30.3 Å². The third-order valence-corrected chi connectivity index (χ3v) is 5.70. The van der Waals surface area contributed by atoms with Crippen molar-refractivity contribution >= 4 is 35.2 Å². The van der Waals surface area contributed by atoms with E-state index in [9.17, 15) is 14.4 Å². The summed E-state index contributed by atoms with van der Waals surface area (Å²) in [7, 11) is 0. The van der Waals surface area contributed by atoms with Crippen LogP contribution in [0.2, 0.25) is 0 Å². The summed E-state index contributed by atoms with van der Waals surface area (Å²) in [6.45, 7) is 1.12. The maximum atomic E-state index is 12.7. The van der Waals surface area contributed by atoms with Crippen molar-refractivity contribution in [3.63, 3.8) is 0 Å². The molecule has 0 bridgehead atoms. The van der Waals surface area contributed by atoms with Crippen molar-refractivity contribution in [2.24, 2.45) is 0 Å². The number of hydrogen-bond acceptors (Lipinski definition) is 4. The van der Waals surface area contributed by atoms with Crippen molar-refractivity contribution < 1.29 is 14.4 Å². The van der Waals surface area contributed by atoms with Crippen molar-refractivity contribution in [3.05, 3.63) is 65.7 Å². The van der Waals surface area contributed by atoms with E-state index in [-0.39, 0.29) is 17.7 Å². The molecule has 3 rings (SSSR count). The molecule has 7 heteroatoms. The Morgan fingerprint density at radius 1 is 1.10 bits per heavy atom. The van der Waals surface area contributed by atoms with Gasteiger partial charge in [0.2, 0.25) is 11.8 Å². The topological polar surface area (TPSA) is 78.5 Å². The van der Waals surface area contributed by atoms with Crippen LogP contribution in [0.25, 0.3) is 0 Å². The summed E-state index contributed by atoms with van der Waals surface area (Å²) < 4.78 is 0. The van der Waals surface area contributed by atoms with Crippen molar-refractivity contribution in [2.45, 2.75) is 31.8 Å². The number of carbonyl (C=O) groups is 3. The zero-order valence-electron chi connectivity index (χ0n) is 17.1. The Bertz CT molecular complexity index is 871. The van der Waals surface area contributed by atoms with Gasteiger partial charge in [-0.25, -0.2) is 0 Å². The van der Waals surface area contributed by atoms with Crippen LogP contribution < -0.4 is 15.5 Å². The van der Waals surface area contributed by atoms with Crippen molar-refractivity contribution in [2.75, 3.05) is 23.5 Å². The number of benzene rings is 2. The Morgan fingerprint density at radius 3 is 2.47 bits per heavy atom. The first-order valence-corrected chi connectivity index (χ1v) is 11.5. The van der Waals surface area contributed by atoms with Crippen LogP contribution in [0, 0.1) is 0 Å². The van der Waals surface area contributed by atoms with Crippen LogP contribution in [0.5, 0.6) is 0 Å². The van der Waals surface area contributed by atoms with Crippen LogP contribution >= 0.6 is 11.8 Å². The lowest BCUT2D eigenvalue weighted by molar-refractivity contribution is -0.123. The van der Waals surface area contributed by atoms with Crippen LogP contribution in [0.4, 0.5) is 5.69 Å². The Kier molecular flexibility index (Phi) is 7.90. The van der Waals surface area contributed by atoms with E-state index >= 15 is 0 Å². The van der Waals surface area contributed by atoms with Crippen LogP contribution in [-0.4, -0.2) is 42.3 Å². The van der Waals surface area contributed by atoms with E-state index in [0.717, 1.165) is 30.0 Å². The highest BCUT2D eigenvalue weighted by Gasteiger charge is 2.22. The smallest absolute Gasteiger partial charge is 0.251 e. The molecule has 1 fully saturated rings. The SMILES string of the molecule is CSCC[C@@H](NC(=O)c1ccccc1)C(=O)NCc1ccc(N2CCCC2=O)cc1. The van der Waals surface area contributed by atoms with E-state index in [1.165, 1.54) is 0 Å². The van der Waals surface area contributed by atoms with Gasteiger partial charge in [0.1, 0.15) is 6.04 Å². The molecule has 1 aliphatic rings. The van der Waals surface area contributed by atoms with Crippen molar-refractivity contribution in [1.82, 2.24) is 10.6 Å². The maximum absolute atomic E-state index is 12.7. The highest BCUT2D eigenvalue weighted by molar-refractivity contribution is 7.98. The average molecular weight is 426 g/mol. The largest absolute Gasteiger partial charge is 0.350 e. The second kappa shape index (κ2) is 10.8. The zero-order chi connectivity index (χ0) is 21.3. The molecule has 0 saturated carbocycles. The van der Waals surface area contributed by atoms with Crippen LogP contribution in [0.15, 0.2) is 54.6 Å². The number of nitrogens with zero attached hydrogens (tertiary/aromatic N) is 1. The van der Waals surface area contributed by atoms with Crippen molar-refractivity contribution in [3.8, 4) is 0 Å². The minimum absolute atomic E-state index is 0.154. The monoisotopic (exact) mass is 425 g/mol. The molecule has 1 aliphatic heterocycles. The highest BCUT2D eigenvalue weighted by Crippen LogP contribution is 2.21. The highest BCUT2D eigenvalue weighted by atomic mass is 32.2. The van der Waals surface area contributed by atoms with Gasteiger partial charge in [0.15, 0.2) is 0 Å². The Hall–Kier alpha value is -2.80. The minimum atomic E-state index is -0.591. The van der Waals surface area contributed by atoms with Gasteiger partial charge in [-0.15, -0.1) is 0 Å². The van der Waals surface area contributed by atoms with Gasteiger partial charge in [0.25, 0.3) is 5.91 Å². The molecule has 2 N–H and O–H groups in total. The zero-order valence-corrected chi connectivity index (χ0v) is 17.9. The first kappa shape index (κ1) is 21.9. The summed E-state index contributed by atoms with van der Waals surface area (Å²) >= 11 is 1.64. The number of hydrogen-bond donors (Lipinski definition) is 2. The van der Waals surface area contributed by atoms with Crippen LogP contribution in [0.1, 0.15) is 35.2 Å². The average Bonchev–Trinajstić information content (AvgIpc) is 3.21. The molecule has 0 aromatic heterocycles. The summed E-state index contributed by atoms with van der Waals surface area (Å²) in [5.74, 6) is 0.469. The van der Waals surface area contributed by atoms with E-state index in [4.69, 9.17) is 0 Å². The quantitative estimate of drug-likeness (QED) is 0.647. The molecule has 158 valence electrons. The van der Waals surface area contributed by atoms with E-state index in [1.54, 1.807) is 40.9 Å². The molecule has 2 aromatic rings. The molecule has 0 radical (unpaired) electrons. The number of anilines is 1. The number of nitrogens with one attached hydrogen (secondary N) is 2. The fraction of sp³-hybridized carbons (Fsp3) is 0.348. The Balaban J connectivity index is 1.57. The lowest BCUT2D eigenvalue weighted by Crippen LogP contribution is -2.46. The van der Waals surface area contributed by atoms with Gasteiger partial charge < -0.3 is 15.5 Å². The molecule has 30 heavy (non-hydrogen) atoms. The summed E-state index contributed by atoms with van der Waals surface area (Å²) in [5, 5.41) is 5.77. The van der Waals surface area contributed by atoms with Gasteiger partial charge in [-0.3, -0.25) is 14.4 Å². The van der Waals surface area contributed by atoms with E-state index in [0.29, 0.717) is 24.9 Å². The van der Waals surface area contributed by atoms with Gasteiger partial charge in [0, 0.05) is 30.8 Å². The van der Waals surface area contributed by atoms with Gasteiger partial charge in [0.05, 0.1) is 0 Å². The molecule has 6 nitrogen and oxygen atoms in total. The number of rotatable bonds is 9. The van der Waals surface area contributed by atoms with E-state index in [1.807, 2.05) is 36.6 Å². The number of carbonyl (C=O) groups excluding carboxylic acids is 3. The van der Waals surface area contributed by atoms with Gasteiger partial charge in [-0.2, -0.15) is 11.8 Å². The Morgan fingerprint density at radius 2 is 1.83 bits per heavy atom. The van der Waals surface area contributed by atoms with Crippen molar-refractivity contribution in [1.29, 1.82) is 0 Å². The third kappa shape index (κ3) is 5.86. The first-order valence-electron chi connectivity index (χ1n) is 10.1. The molecule has 0 spiro atoms. The lowest BCUT2D eigenvalue weighted by atomic mass is 10.1. The Labute approximate surface area is 181 Å². The standard InChI is InChI=1S/C23H27N3O3S/c1-30-15-13-20(25-22(28)18-6-3-2-4-7-18)23(29)24-16-17-9-11-19(12-10-17)26-14-5-8-21(26)27/h2-4,6-7,9-12,20H,5,8,13-16H2,1H3,(H,24,29)(H,25,28)/t20-/m1/s1. The molecule has 1 atom stereocenters. The molecule has 1 heterocycles.